The van der Waals surface area contributed by atoms with Gasteiger partial charge in [-0.15, -0.1) is 11.3 Å². The molecule has 3 heterocycles. The van der Waals surface area contributed by atoms with E-state index in [2.05, 4.69) is 41.1 Å². The molecule has 4 nitrogen and oxygen atoms in total. The van der Waals surface area contributed by atoms with Crippen molar-refractivity contribution in [3.63, 3.8) is 0 Å². The Kier molecular flexibility index (Phi) is 4.33. The Bertz CT molecular complexity index is 515. The van der Waals surface area contributed by atoms with Crippen molar-refractivity contribution in [1.82, 2.24) is 15.1 Å². The summed E-state index contributed by atoms with van der Waals surface area (Å²) in [5, 5.41) is 3.46. The summed E-state index contributed by atoms with van der Waals surface area (Å²) in [5.74, 6) is 0.244. The maximum absolute atomic E-state index is 12.5. The summed E-state index contributed by atoms with van der Waals surface area (Å²) in [4.78, 5) is 19.7. The van der Waals surface area contributed by atoms with Gasteiger partial charge in [0.15, 0.2) is 0 Å². The van der Waals surface area contributed by atoms with E-state index in [1.54, 1.807) is 11.3 Å². The van der Waals surface area contributed by atoms with E-state index in [-0.39, 0.29) is 18.1 Å². The van der Waals surface area contributed by atoms with Crippen LogP contribution in [0.25, 0.3) is 0 Å². The molecule has 2 aliphatic rings. The van der Waals surface area contributed by atoms with Crippen LogP contribution >= 0.6 is 11.3 Å². The van der Waals surface area contributed by atoms with Crippen molar-refractivity contribution < 1.29 is 4.79 Å². The lowest BCUT2D eigenvalue weighted by molar-refractivity contribution is -0.130. The minimum Gasteiger partial charge on any atom is -0.319 e. The molecule has 2 aliphatic heterocycles. The van der Waals surface area contributed by atoms with Crippen LogP contribution in [0.4, 0.5) is 0 Å². The number of carbonyl (C=O) groups excluding carboxylic acids is 1. The number of likely N-dealkylation sites (N-methyl/N-ethyl adjacent to an activating group) is 1. The Morgan fingerprint density at radius 2 is 2.24 bits per heavy atom. The highest BCUT2D eigenvalue weighted by molar-refractivity contribution is 7.12. The second kappa shape index (κ2) is 6.07. The standard InChI is InChI=1S/C16H25N3OS/c1-4-18-9-5-6-13(18)10-19-15(17-12(3)16(19)20)14-8-7-11(2)21-14/h7-8,12-13,15,17H,4-6,9-10H2,1-3H3. The van der Waals surface area contributed by atoms with Gasteiger partial charge in [-0.25, -0.2) is 0 Å². The second-order valence-corrected chi connectivity index (χ2v) is 7.47. The summed E-state index contributed by atoms with van der Waals surface area (Å²) < 4.78 is 0. The summed E-state index contributed by atoms with van der Waals surface area (Å²) in [6, 6.07) is 4.74. The fourth-order valence-corrected chi connectivity index (χ4v) is 4.50. The molecule has 1 aromatic heterocycles. The molecule has 1 N–H and O–H groups in total. The summed E-state index contributed by atoms with van der Waals surface area (Å²) >= 11 is 1.79. The number of thiophene rings is 1. The van der Waals surface area contributed by atoms with Crippen LogP contribution in [0.2, 0.25) is 0 Å². The molecule has 0 radical (unpaired) electrons. The number of nitrogens with zero attached hydrogens (tertiary/aromatic N) is 2. The highest BCUT2D eigenvalue weighted by Gasteiger charge is 2.40. The van der Waals surface area contributed by atoms with Crippen LogP contribution in [0.3, 0.4) is 0 Å². The molecule has 116 valence electrons. The Hall–Kier alpha value is -0.910. The SMILES string of the molecule is CCN1CCCC1CN1C(=O)C(C)NC1c1ccc(C)s1. The van der Waals surface area contributed by atoms with Crippen molar-refractivity contribution >= 4 is 17.2 Å². The van der Waals surface area contributed by atoms with Gasteiger partial charge in [0.25, 0.3) is 0 Å². The topological polar surface area (TPSA) is 35.6 Å². The van der Waals surface area contributed by atoms with Gasteiger partial charge in [0.05, 0.1) is 6.04 Å². The summed E-state index contributed by atoms with van der Waals surface area (Å²) in [7, 11) is 0. The molecule has 21 heavy (non-hydrogen) atoms. The number of amides is 1. The quantitative estimate of drug-likeness (QED) is 0.927. The van der Waals surface area contributed by atoms with Gasteiger partial charge in [0.1, 0.15) is 6.17 Å². The highest BCUT2D eigenvalue weighted by atomic mass is 32.1. The number of hydrogen-bond donors (Lipinski definition) is 1. The van der Waals surface area contributed by atoms with E-state index in [4.69, 9.17) is 0 Å². The van der Waals surface area contributed by atoms with E-state index < -0.39 is 0 Å². The molecular weight excluding hydrogens is 282 g/mol. The van der Waals surface area contributed by atoms with E-state index in [0.717, 1.165) is 13.1 Å². The van der Waals surface area contributed by atoms with Crippen molar-refractivity contribution in [1.29, 1.82) is 0 Å². The molecule has 5 heteroatoms. The van der Waals surface area contributed by atoms with Gasteiger partial charge in [-0.1, -0.05) is 6.92 Å². The van der Waals surface area contributed by atoms with Crippen molar-refractivity contribution in [2.24, 2.45) is 0 Å². The summed E-state index contributed by atoms with van der Waals surface area (Å²) in [5.41, 5.74) is 0. The van der Waals surface area contributed by atoms with Crippen molar-refractivity contribution in [3.8, 4) is 0 Å². The molecule has 0 bridgehead atoms. The zero-order valence-corrected chi connectivity index (χ0v) is 13.9. The van der Waals surface area contributed by atoms with Gasteiger partial charge in [-0.3, -0.25) is 15.0 Å². The van der Waals surface area contributed by atoms with E-state index in [0.29, 0.717) is 6.04 Å². The number of hydrogen-bond acceptors (Lipinski definition) is 4. The molecule has 0 saturated carbocycles. The highest BCUT2D eigenvalue weighted by Crippen LogP contribution is 2.32. The van der Waals surface area contributed by atoms with Crippen LogP contribution in [0.5, 0.6) is 0 Å². The summed E-state index contributed by atoms with van der Waals surface area (Å²) in [6.07, 6.45) is 2.53. The molecule has 2 fully saturated rings. The van der Waals surface area contributed by atoms with E-state index in [1.165, 1.54) is 29.1 Å². The molecule has 3 rings (SSSR count). The molecule has 1 aromatic rings. The Morgan fingerprint density at radius 1 is 1.43 bits per heavy atom. The second-order valence-electron chi connectivity index (χ2n) is 6.15. The van der Waals surface area contributed by atoms with E-state index >= 15 is 0 Å². The molecular formula is C16H25N3OS. The number of nitrogens with one attached hydrogen (secondary N) is 1. The maximum atomic E-state index is 12.5. The number of likely N-dealkylation sites (tertiary alicyclic amines) is 1. The molecule has 2 saturated heterocycles. The third-order valence-corrected chi connectivity index (χ3v) is 5.77. The maximum Gasteiger partial charge on any atom is 0.241 e. The molecule has 3 unspecified atom stereocenters. The minimum absolute atomic E-state index is 0.0607. The lowest BCUT2D eigenvalue weighted by Gasteiger charge is -2.30. The Labute approximate surface area is 131 Å². The predicted molar refractivity (Wildman–Crippen MR) is 86.4 cm³/mol. The lowest BCUT2D eigenvalue weighted by atomic mass is 10.2. The van der Waals surface area contributed by atoms with Crippen LogP contribution < -0.4 is 5.32 Å². The first-order chi connectivity index (χ1) is 10.1. The van der Waals surface area contributed by atoms with Crippen LogP contribution in [0.1, 0.15) is 42.6 Å². The van der Waals surface area contributed by atoms with Crippen LogP contribution in [0.15, 0.2) is 12.1 Å². The van der Waals surface area contributed by atoms with Crippen LogP contribution in [0, 0.1) is 6.92 Å². The monoisotopic (exact) mass is 307 g/mol. The average Bonchev–Trinajstić information content (AvgIpc) is 3.15. The largest absolute Gasteiger partial charge is 0.319 e. The molecule has 1 amide bonds. The van der Waals surface area contributed by atoms with Crippen molar-refractivity contribution in [2.45, 2.75) is 51.9 Å². The van der Waals surface area contributed by atoms with E-state index in [1.807, 2.05) is 6.92 Å². The van der Waals surface area contributed by atoms with Crippen LogP contribution in [-0.2, 0) is 4.79 Å². The minimum atomic E-state index is -0.0751. The normalized spacial score (nSPS) is 30.5. The smallest absolute Gasteiger partial charge is 0.241 e. The van der Waals surface area contributed by atoms with Crippen molar-refractivity contribution in [3.05, 3.63) is 21.9 Å². The number of carbonyl (C=O) groups is 1. The molecule has 0 aliphatic carbocycles. The van der Waals surface area contributed by atoms with Gasteiger partial charge < -0.3 is 4.90 Å². The van der Waals surface area contributed by atoms with Gasteiger partial charge >= 0.3 is 0 Å². The summed E-state index contributed by atoms with van der Waals surface area (Å²) in [6.45, 7) is 9.42. The molecule has 3 atom stereocenters. The van der Waals surface area contributed by atoms with Gasteiger partial charge in [-0.05, 0) is 51.9 Å². The average molecular weight is 307 g/mol. The fraction of sp³-hybridized carbons (Fsp3) is 0.688. The first-order valence-corrected chi connectivity index (χ1v) is 8.78. The van der Waals surface area contributed by atoms with Gasteiger partial charge in [-0.2, -0.15) is 0 Å². The van der Waals surface area contributed by atoms with Gasteiger partial charge in [0.2, 0.25) is 5.91 Å². The zero-order chi connectivity index (χ0) is 15.0. The van der Waals surface area contributed by atoms with Crippen molar-refractivity contribution in [2.75, 3.05) is 19.6 Å². The predicted octanol–water partition coefficient (Wildman–Crippen LogP) is 2.36. The third kappa shape index (κ3) is 2.87. The van der Waals surface area contributed by atoms with Crippen LogP contribution in [-0.4, -0.2) is 47.4 Å². The fourth-order valence-electron chi connectivity index (χ4n) is 3.55. The first-order valence-electron chi connectivity index (χ1n) is 7.97. The number of aryl methyl sites for hydroxylation is 1. The first kappa shape index (κ1) is 15.0. The lowest BCUT2D eigenvalue weighted by Crippen LogP contribution is -2.42. The molecule has 0 spiro atoms. The van der Waals surface area contributed by atoms with E-state index in [9.17, 15) is 4.79 Å². The molecule has 0 aromatic carbocycles. The third-order valence-electron chi connectivity index (χ3n) is 4.72. The number of rotatable bonds is 4. The van der Waals surface area contributed by atoms with Gasteiger partial charge in [0, 0.05) is 22.3 Å². The zero-order valence-electron chi connectivity index (χ0n) is 13.1. The Balaban J connectivity index is 1.78. The Morgan fingerprint density at radius 3 is 2.90 bits per heavy atom.